The van der Waals surface area contributed by atoms with Crippen LogP contribution in [0.2, 0.25) is 5.02 Å². The van der Waals surface area contributed by atoms with Crippen molar-refractivity contribution < 1.29 is 4.74 Å². The van der Waals surface area contributed by atoms with Crippen LogP contribution in [0.15, 0.2) is 12.1 Å². The van der Waals surface area contributed by atoms with Crippen LogP contribution in [0.1, 0.15) is 50.3 Å². The van der Waals surface area contributed by atoms with Gasteiger partial charge in [0.25, 0.3) is 0 Å². The van der Waals surface area contributed by atoms with Crippen LogP contribution in [-0.2, 0) is 0 Å². The van der Waals surface area contributed by atoms with Crippen LogP contribution in [0.25, 0.3) is 0 Å². The zero-order valence-electron chi connectivity index (χ0n) is 11.4. The summed E-state index contributed by atoms with van der Waals surface area (Å²) < 4.78 is 6.07. The maximum Gasteiger partial charge on any atom is 0.143 e. The number of benzene rings is 1. The fourth-order valence-electron chi connectivity index (χ4n) is 2.63. The third kappa shape index (κ3) is 2.50. The van der Waals surface area contributed by atoms with E-state index in [2.05, 4.69) is 32.2 Å². The first kappa shape index (κ1) is 13.7. The molecule has 0 fully saturated rings. The van der Waals surface area contributed by atoms with Crippen LogP contribution in [0.5, 0.6) is 5.75 Å². The molecular formula is C15H22ClNO. The first-order chi connectivity index (χ1) is 8.69. The van der Waals surface area contributed by atoms with Gasteiger partial charge >= 0.3 is 0 Å². The summed E-state index contributed by atoms with van der Waals surface area (Å²) in [4.78, 5) is 0. The zero-order valence-corrected chi connectivity index (χ0v) is 12.2. The van der Waals surface area contributed by atoms with Gasteiger partial charge in [-0.2, -0.15) is 0 Å². The predicted molar refractivity (Wildman–Crippen MR) is 76.5 cm³/mol. The topological polar surface area (TPSA) is 21.3 Å². The minimum atomic E-state index is 0.218. The Morgan fingerprint density at radius 3 is 2.72 bits per heavy atom. The maximum atomic E-state index is 6.25. The molecule has 1 N–H and O–H groups in total. The van der Waals surface area contributed by atoms with E-state index in [0.717, 1.165) is 36.6 Å². The molecular weight excluding hydrogens is 246 g/mol. The minimum Gasteiger partial charge on any atom is -0.487 e. The summed E-state index contributed by atoms with van der Waals surface area (Å²) >= 11 is 6.25. The van der Waals surface area contributed by atoms with E-state index in [9.17, 15) is 0 Å². The van der Waals surface area contributed by atoms with Gasteiger partial charge in [0.2, 0.25) is 0 Å². The van der Waals surface area contributed by atoms with E-state index in [4.69, 9.17) is 16.3 Å². The van der Waals surface area contributed by atoms with Crippen molar-refractivity contribution in [3.05, 3.63) is 28.3 Å². The van der Waals surface area contributed by atoms with Gasteiger partial charge in [0.05, 0.1) is 11.1 Å². The molecule has 1 aromatic carbocycles. The van der Waals surface area contributed by atoms with Gasteiger partial charge in [0.1, 0.15) is 11.9 Å². The summed E-state index contributed by atoms with van der Waals surface area (Å²) in [6, 6.07) is 4.30. The second-order valence-electron chi connectivity index (χ2n) is 4.98. The SMILES string of the molecule is CCCNC1c2c(C)ccc(Cl)c2OC1CCC. The number of halogens is 1. The highest BCUT2D eigenvalue weighted by Gasteiger charge is 2.35. The van der Waals surface area contributed by atoms with Gasteiger partial charge in [-0.15, -0.1) is 0 Å². The Morgan fingerprint density at radius 2 is 2.06 bits per heavy atom. The van der Waals surface area contributed by atoms with Crippen molar-refractivity contribution in [2.24, 2.45) is 0 Å². The standard InChI is InChI=1S/C15H22ClNO/c1-4-6-12-14(17-9-5-2)13-10(3)7-8-11(16)15(13)18-12/h7-8,12,14,17H,4-6,9H2,1-3H3. The smallest absolute Gasteiger partial charge is 0.143 e. The number of hydrogen-bond acceptors (Lipinski definition) is 2. The van der Waals surface area contributed by atoms with Crippen molar-refractivity contribution in [3.8, 4) is 5.75 Å². The Bertz CT molecular complexity index is 419. The van der Waals surface area contributed by atoms with Crippen molar-refractivity contribution in [2.45, 2.75) is 52.2 Å². The molecule has 0 aromatic heterocycles. The van der Waals surface area contributed by atoms with Crippen LogP contribution in [0.3, 0.4) is 0 Å². The molecule has 0 amide bonds. The summed E-state index contributed by atoms with van der Waals surface area (Å²) in [5.41, 5.74) is 2.52. The van der Waals surface area contributed by atoms with Crippen molar-refractivity contribution in [1.82, 2.24) is 5.32 Å². The number of fused-ring (bicyclic) bond motifs is 1. The van der Waals surface area contributed by atoms with E-state index < -0.39 is 0 Å². The van der Waals surface area contributed by atoms with E-state index in [-0.39, 0.29) is 6.10 Å². The molecule has 18 heavy (non-hydrogen) atoms. The first-order valence-corrected chi connectivity index (χ1v) is 7.25. The lowest BCUT2D eigenvalue weighted by Crippen LogP contribution is -2.31. The number of nitrogens with one attached hydrogen (secondary N) is 1. The van der Waals surface area contributed by atoms with Crippen molar-refractivity contribution >= 4 is 11.6 Å². The molecule has 1 aromatic rings. The monoisotopic (exact) mass is 267 g/mol. The highest BCUT2D eigenvalue weighted by Crippen LogP contribution is 2.44. The van der Waals surface area contributed by atoms with Gasteiger partial charge in [-0.25, -0.2) is 0 Å². The van der Waals surface area contributed by atoms with Gasteiger partial charge < -0.3 is 10.1 Å². The van der Waals surface area contributed by atoms with Crippen molar-refractivity contribution in [3.63, 3.8) is 0 Å². The van der Waals surface area contributed by atoms with E-state index in [1.807, 2.05) is 6.07 Å². The summed E-state index contributed by atoms with van der Waals surface area (Å²) in [6.45, 7) is 7.52. The molecule has 2 rings (SSSR count). The second kappa shape index (κ2) is 5.94. The normalized spacial score (nSPS) is 21.8. The Morgan fingerprint density at radius 1 is 1.28 bits per heavy atom. The first-order valence-electron chi connectivity index (χ1n) is 6.88. The highest BCUT2D eigenvalue weighted by molar-refractivity contribution is 6.32. The Hall–Kier alpha value is -0.730. The lowest BCUT2D eigenvalue weighted by Gasteiger charge is -2.20. The molecule has 2 unspecified atom stereocenters. The average Bonchev–Trinajstić information content (AvgIpc) is 2.72. The lowest BCUT2D eigenvalue weighted by molar-refractivity contribution is 0.178. The summed E-state index contributed by atoms with van der Waals surface area (Å²) in [5.74, 6) is 0.892. The van der Waals surface area contributed by atoms with Crippen LogP contribution in [0, 0.1) is 6.92 Å². The number of hydrogen-bond donors (Lipinski definition) is 1. The summed E-state index contributed by atoms with van der Waals surface area (Å²) in [7, 11) is 0. The summed E-state index contributed by atoms with van der Waals surface area (Å²) in [6.07, 6.45) is 3.53. The fourth-order valence-corrected chi connectivity index (χ4v) is 2.84. The molecule has 1 aliphatic heterocycles. The lowest BCUT2D eigenvalue weighted by atomic mass is 9.96. The molecule has 0 spiro atoms. The molecule has 0 aliphatic carbocycles. The summed E-state index contributed by atoms with van der Waals surface area (Å²) in [5, 5.41) is 4.34. The van der Waals surface area contributed by atoms with E-state index >= 15 is 0 Å². The van der Waals surface area contributed by atoms with Crippen molar-refractivity contribution in [1.29, 1.82) is 0 Å². The molecule has 0 bridgehead atoms. The largest absolute Gasteiger partial charge is 0.487 e. The Labute approximate surface area is 115 Å². The Kier molecular flexibility index (Phi) is 4.52. The molecule has 1 aliphatic rings. The van der Waals surface area contributed by atoms with Crippen molar-refractivity contribution in [2.75, 3.05) is 6.54 Å². The number of ether oxygens (including phenoxy) is 1. The molecule has 0 saturated carbocycles. The number of aryl methyl sites for hydroxylation is 1. The van der Waals surface area contributed by atoms with Gasteiger partial charge in [0, 0.05) is 5.56 Å². The van der Waals surface area contributed by atoms with Gasteiger partial charge in [0.15, 0.2) is 0 Å². The third-order valence-electron chi connectivity index (χ3n) is 3.51. The minimum absolute atomic E-state index is 0.218. The van der Waals surface area contributed by atoms with E-state index in [0.29, 0.717) is 6.04 Å². The van der Waals surface area contributed by atoms with Crippen LogP contribution in [0.4, 0.5) is 0 Å². The molecule has 2 nitrogen and oxygen atoms in total. The molecule has 1 heterocycles. The molecule has 2 atom stereocenters. The Balaban J connectivity index is 2.32. The van der Waals surface area contributed by atoms with Gasteiger partial charge in [-0.05, 0) is 37.9 Å². The maximum absolute atomic E-state index is 6.25. The number of rotatable bonds is 5. The van der Waals surface area contributed by atoms with Crippen LogP contribution >= 0.6 is 11.6 Å². The molecule has 100 valence electrons. The quantitative estimate of drug-likeness (QED) is 0.861. The zero-order chi connectivity index (χ0) is 13.1. The van der Waals surface area contributed by atoms with Gasteiger partial charge in [-0.1, -0.05) is 37.9 Å². The van der Waals surface area contributed by atoms with Gasteiger partial charge in [-0.3, -0.25) is 0 Å². The fraction of sp³-hybridized carbons (Fsp3) is 0.600. The van der Waals surface area contributed by atoms with E-state index in [1.165, 1.54) is 11.1 Å². The highest BCUT2D eigenvalue weighted by atomic mass is 35.5. The second-order valence-corrected chi connectivity index (χ2v) is 5.39. The average molecular weight is 268 g/mol. The third-order valence-corrected chi connectivity index (χ3v) is 3.80. The van der Waals surface area contributed by atoms with Crippen LogP contribution in [-0.4, -0.2) is 12.6 Å². The molecule has 0 radical (unpaired) electrons. The van der Waals surface area contributed by atoms with E-state index in [1.54, 1.807) is 0 Å². The predicted octanol–water partition coefficient (Wildman–Crippen LogP) is 4.25. The molecule has 0 saturated heterocycles. The van der Waals surface area contributed by atoms with Crippen LogP contribution < -0.4 is 10.1 Å². The molecule has 3 heteroatoms.